The Kier molecular flexibility index (Phi) is 32.0. The molecule has 2 aromatic heterocycles. The van der Waals surface area contributed by atoms with Gasteiger partial charge < -0.3 is 46.3 Å². The average Bonchev–Trinajstić information content (AvgIpc) is 3.75. The van der Waals surface area contributed by atoms with Gasteiger partial charge in [-0.1, -0.05) is 70.2 Å². The maximum atomic E-state index is 11.9. The van der Waals surface area contributed by atoms with E-state index in [1.165, 1.54) is 12.4 Å². The number of ether oxygens (including phenoxy) is 2. The summed E-state index contributed by atoms with van der Waals surface area (Å²) in [6.45, 7) is 16.8. The quantitative estimate of drug-likeness (QED) is 0.0433. The van der Waals surface area contributed by atoms with Gasteiger partial charge in [-0.25, -0.2) is 23.2 Å². The van der Waals surface area contributed by atoms with Crippen molar-refractivity contribution in [3.63, 3.8) is 0 Å². The van der Waals surface area contributed by atoms with Crippen molar-refractivity contribution >= 4 is 45.2 Å². The highest BCUT2D eigenvalue weighted by Gasteiger charge is 2.15. The summed E-state index contributed by atoms with van der Waals surface area (Å²) < 4.78 is 34.3. The van der Waals surface area contributed by atoms with Crippen molar-refractivity contribution < 1.29 is 52.1 Å². The van der Waals surface area contributed by atoms with E-state index in [1.807, 2.05) is 40.8 Å². The Morgan fingerprint density at radius 3 is 2.07 bits per heavy atom. The molecular formula is C45H72N10O11S. The van der Waals surface area contributed by atoms with Gasteiger partial charge in [0.05, 0.1) is 38.1 Å². The molecule has 0 aliphatic carbocycles. The summed E-state index contributed by atoms with van der Waals surface area (Å²) in [6.07, 6.45) is 9.94. The molecule has 374 valence electrons. The summed E-state index contributed by atoms with van der Waals surface area (Å²) in [5, 5.41) is 38.1. The number of nitrogens with zero attached hydrogens (tertiary/aromatic N) is 5. The molecule has 0 bridgehead atoms. The number of aliphatic hydroxyl groups excluding tert-OH is 2. The normalized spacial score (nSPS) is 10.5. The maximum absolute atomic E-state index is 11.9. The number of aliphatic hydroxyl groups is 2. The molecule has 0 saturated heterocycles. The van der Waals surface area contributed by atoms with Gasteiger partial charge in [-0.05, 0) is 63.6 Å². The first-order valence-corrected chi connectivity index (χ1v) is 24.0. The molecule has 67 heavy (non-hydrogen) atoms. The molecule has 0 atom stereocenters. The van der Waals surface area contributed by atoms with Gasteiger partial charge in [0.2, 0.25) is 38.6 Å². The van der Waals surface area contributed by atoms with E-state index < -0.39 is 33.2 Å². The van der Waals surface area contributed by atoms with Gasteiger partial charge in [0.25, 0.3) is 0 Å². The minimum atomic E-state index is -3.41. The zero-order valence-corrected chi connectivity index (χ0v) is 41.3. The molecule has 22 heteroatoms. The lowest BCUT2D eigenvalue weighted by atomic mass is 10.1. The SMILES string of the molecule is CC.CC(C)CCn1cc(CNC(=O)CCCC#Cc2cnc(S(C)(=O)=O)nc2)nn1.CCCCNC(=O)OC(C)(C)C.O=C(COCC(=O)NCC(=O)Nc1ccc(CO)cc1)NCCO. The Morgan fingerprint density at radius 1 is 0.866 bits per heavy atom. The molecule has 1 aromatic carbocycles. The van der Waals surface area contributed by atoms with E-state index in [-0.39, 0.29) is 56.7 Å². The average molecular weight is 961 g/mol. The van der Waals surface area contributed by atoms with Gasteiger partial charge in [-0.3, -0.25) is 23.9 Å². The number of carbonyl (C=O) groups excluding carboxylic acids is 5. The van der Waals surface area contributed by atoms with Gasteiger partial charge in [0.15, 0.2) is 0 Å². The monoisotopic (exact) mass is 961 g/mol. The van der Waals surface area contributed by atoms with Gasteiger partial charge in [-0.2, -0.15) is 0 Å². The lowest BCUT2D eigenvalue weighted by Gasteiger charge is -2.19. The third-order valence-electron chi connectivity index (χ3n) is 7.85. The van der Waals surface area contributed by atoms with E-state index in [0.717, 1.165) is 43.3 Å². The maximum Gasteiger partial charge on any atom is 0.407 e. The summed E-state index contributed by atoms with van der Waals surface area (Å²) >= 11 is 0. The minimum Gasteiger partial charge on any atom is -0.444 e. The smallest absolute Gasteiger partial charge is 0.407 e. The molecule has 0 fully saturated rings. The van der Waals surface area contributed by atoms with Crippen LogP contribution in [-0.4, -0.2) is 125 Å². The number of benzene rings is 1. The fourth-order valence-electron chi connectivity index (χ4n) is 4.56. The molecule has 0 saturated carbocycles. The number of carbonyl (C=O) groups is 5. The van der Waals surface area contributed by atoms with Crippen LogP contribution in [0.1, 0.15) is 111 Å². The van der Waals surface area contributed by atoms with Crippen molar-refractivity contribution in [3.8, 4) is 11.8 Å². The van der Waals surface area contributed by atoms with Crippen LogP contribution in [0, 0.1) is 17.8 Å². The van der Waals surface area contributed by atoms with Crippen molar-refractivity contribution in [1.82, 2.24) is 46.2 Å². The van der Waals surface area contributed by atoms with Crippen LogP contribution in [-0.2, 0) is 58.2 Å². The number of nitrogens with one attached hydrogen (secondary N) is 5. The van der Waals surface area contributed by atoms with Gasteiger partial charge in [0, 0.05) is 56.8 Å². The second-order valence-corrected chi connectivity index (χ2v) is 17.6. The third kappa shape index (κ3) is 33.2. The minimum absolute atomic E-state index is 0.0654. The van der Waals surface area contributed by atoms with Crippen molar-refractivity contribution in [2.75, 3.05) is 51.0 Å². The standard InChI is InChI=1S/C19H26N6O3S.C15H21N3O6.C9H19NO2.C2H6/c1-15(2)9-10-25-14-17(23-24-25)13-20-18(26)8-6-4-5-7-16-11-21-19(22-12-16)29(3,27)28;19-6-5-16-14(22)9-24-10-15(23)17-7-13(21)18-12-3-1-11(8-20)2-4-12;1-5-6-7-10-8(11)12-9(2,3)4;1-2/h11-12,14-15H,4,6,8-10,13H2,1-3H3,(H,20,26);1-4,19-20H,5-10H2,(H,16,22)(H,17,23)(H,18,21);5-7H2,1-4H3,(H,10,11);1-2H3. The molecule has 5 amide bonds. The number of aryl methyl sites for hydroxylation is 1. The van der Waals surface area contributed by atoms with Gasteiger partial charge in [0.1, 0.15) is 24.5 Å². The molecule has 0 radical (unpaired) electrons. The summed E-state index contributed by atoms with van der Waals surface area (Å²) in [5.74, 6) is 4.93. The Bertz CT molecular complexity index is 2060. The zero-order valence-electron chi connectivity index (χ0n) is 40.4. The van der Waals surface area contributed by atoms with Crippen molar-refractivity contribution in [2.45, 2.75) is 124 Å². The highest BCUT2D eigenvalue weighted by atomic mass is 32.2. The van der Waals surface area contributed by atoms with Gasteiger partial charge >= 0.3 is 6.09 Å². The van der Waals surface area contributed by atoms with Crippen LogP contribution in [0.2, 0.25) is 0 Å². The van der Waals surface area contributed by atoms with Crippen molar-refractivity contribution in [2.24, 2.45) is 5.92 Å². The molecule has 3 aromatic rings. The van der Waals surface area contributed by atoms with Gasteiger partial charge in [-0.15, -0.1) is 5.10 Å². The third-order valence-corrected chi connectivity index (χ3v) is 8.73. The number of sulfone groups is 1. The number of hydrogen-bond acceptors (Lipinski definition) is 15. The first-order chi connectivity index (χ1) is 31.7. The summed E-state index contributed by atoms with van der Waals surface area (Å²) in [6, 6.07) is 6.62. The number of aromatic nitrogens is 5. The molecule has 0 spiro atoms. The lowest BCUT2D eigenvalue weighted by molar-refractivity contribution is -0.132. The van der Waals surface area contributed by atoms with Crippen molar-refractivity contribution in [1.29, 1.82) is 0 Å². The first-order valence-electron chi connectivity index (χ1n) is 22.1. The van der Waals surface area contributed by atoms with Crippen LogP contribution < -0.4 is 26.6 Å². The van der Waals surface area contributed by atoms with Crippen molar-refractivity contribution in [3.05, 3.63) is 59.7 Å². The Balaban J connectivity index is 0.00000103. The molecule has 7 N–H and O–H groups in total. The summed E-state index contributed by atoms with van der Waals surface area (Å²) in [5.41, 5.74) is 2.14. The fourth-order valence-corrected chi connectivity index (χ4v) is 5.05. The van der Waals surface area contributed by atoms with E-state index >= 15 is 0 Å². The summed E-state index contributed by atoms with van der Waals surface area (Å²) in [4.78, 5) is 64.7. The first kappa shape index (κ1) is 61.0. The number of alkyl carbamates (subject to hydrolysis) is 1. The van der Waals surface area contributed by atoms with Crippen LogP contribution in [0.4, 0.5) is 10.5 Å². The van der Waals surface area contributed by atoms with Crippen LogP contribution in [0.15, 0.2) is 48.0 Å². The van der Waals surface area contributed by atoms with Crippen LogP contribution in [0.5, 0.6) is 0 Å². The van der Waals surface area contributed by atoms with E-state index in [2.05, 4.69) is 79.5 Å². The van der Waals surface area contributed by atoms with E-state index in [4.69, 9.17) is 19.7 Å². The zero-order chi connectivity index (χ0) is 50.7. The molecule has 21 nitrogen and oxygen atoms in total. The largest absolute Gasteiger partial charge is 0.444 e. The second kappa shape index (κ2) is 35.2. The van der Waals surface area contributed by atoms with E-state index in [1.54, 1.807) is 28.9 Å². The predicted octanol–water partition coefficient (Wildman–Crippen LogP) is 3.05. The highest BCUT2D eigenvalue weighted by molar-refractivity contribution is 7.90. The Hall–Kier alpha value is -6.02. The number of hydrogen-bond donors (Lipinski definition) is 7. The predicted molar refractivity (Wildman–Crippen MR) is 253 cm³/mol. The van der Waals surface area contributed by atoms with Crippen LogP contribution >= 0.6 is 0 Å². The lowest BCUT2D eigenvalue weighted by Crippen LogP contribution is -2.36. The molecule has 0 unspecified atom stereocenters. The molecular weight excluding hydrogens is 889 g/mol. The topological polar surface area (TPSA) is 295 Å². The molecule has 0 aliphatic heterocycles. The second-order valence-electron chi connectivity index (χ2n) is 15.6. The highest BCUT2D eigenvalue weighted by Crippen LogP contribution is 2.09. The number of rotatable bonds is 22. The molecule has 3 rings (SSSR count). The molecule has 2 heterocycles. The fraction of sp³-hybridized carbons (Fsp3) is 0.578. The number of amides is 5. The Morgan fingerprint density at radius 2 is 1.51 bits per heavy atom. The molecule has 0 aliphatic rings. The van der Waals surface area contributed by atoms with Crippen LogP contribution in [0.25, 0.3) is 0 Å². The van der Waals surface area contributed by atoms with Crippen LogP contribution in [0.3, 0.4) is 0 Å². The Labute approximate surface area is 395 Å². The number of anilines is 1. The number of unbranched alkanes of at least 4 members (excludes halogenated alkanes) is 2. The summed E-state index contributed by atoms with van der Waals surface area (Å²) in [7, 11) is -3.41. The van der Waals surface area contributed by atoms with E-state index in [9.17, 15) is 32.4 Å². The van der Waals surface area contributed by atoms with E-state index in [0.29, 0.717) is 49.5 Å².